The number of benzene rings is 2. The summed E-state index contributed by atoms with van der Waals surface area (Å²) >= 11 is 0. The lowest BCUT2D eigenvalue weighted by atomic mass is 9.99. The average molecular weight is 494 g/mol. The lowest BCUT2D eigenvalue weighted by molar-refractivity contribution is 0.222. The number of anilines is 3. The highest BCUT2D eigenvalue weighted by atomic mass is 16.3. The van der Waals surface area contributed by atoms with Gasteiger partial charge in [0.25, 0.3) is 0 Å². The van der Waals surface area contributed by atoms with E-state index < -0.39 is 0 Å². The van der Waals surface area contributed by atoms with Crippen molar-refractivity contribution in [3.63, 3.8) is 0 Å². The number of nitrogens with one attached hydrogen (secondary N) is 1. The number of hydrogen-bond acceptors (Lipinski definition) is 6. The molecule has 2 aromatic heterocycles. The summed E-state index contributed by atoms with van der Waals surface area (Å²) in [6, 6.07) is 21.4. The minimum absolute atomic E-state index is 0.584. The van der Waals surface area contributed by atoms with Crippen molar-refractivity contribution >= 4 is 17.3 Å². The van der Waals surface area contributed by atoms with Crippen LogP contribution in [-0.4, -0.2) is 34.5 Å². The lowest BCUT2D eigenvalue weighted by Gasteiger charge is -2.32. The van der Waals surface area contributed by atoms with Crippen LogP contribution in [0.15, 0.2) is 71.3 Å². The van der Waals surface area contributed by atoms with Crippen LogP contribution in [0.5, 0.6) is 0 Å². The summed E-state index contributed by atoms with van der Waals surface area (Å²) in [7, 11) is 0. The zero-order chi connectivity index (χ0) is 25.2. The molecule has 0 bridgehead atoms. The van der Waals surface area contributed by atoms with Crippen molar-refractivity contribution in [2.75, 3.05) is 29.9 Å². The van der Waals surface area contributed by atoms with E-state index in [2.05, 4.69) is 87.7 Å². The maximum absolute atomic E-state index is 6.37. The number of aryl methyl sites for hydroxylation is 1. The van der Waals surface area contributed by atoms with E-state index >= 15 is 0 Å². The number of furan rings is 1. The van der Waals surface area contributed by atoms with Gasteiger partial charge in [-0.25, -0.2) is 9.97 Å². The first-order valence-electron chi connectivity index (χ1n) is 13.4. The summed E-state index contributed by atoms with van der Waals surface area (Å²) < 4.78 is 6.37. The number of piperidine rings is 1. The van der Waals surface area contributed by atoms with Crippen LogP contribution in [0.2, 0.25) is 0 Å². The Morgan fingerprint density at radius 2 is 1.78 bits per heavy atom. The fourth-order valence-electron chi connectivity index (χ4n) is 5.37. The summed E-state index contributed by atoms with van der Waals surface area (Å²) in [5, 5.41) is 3.38. The number of rotatable bonds is 6. The third-order valence-electron chi connectivity index (χ3n) is 7.69. The van der Waals surface area contributed by atoms with Gasteiger partial charge in [-0.2, -0.15) is 0 Å². The molecule has 6 heteroatoms. The molecule has 2 aromatic carbocycles. The van der Waals surface area contributed by atoms with Gasteiger partial charge in [0.05, 0.1) is 6.54 Å². The smallest absolute Gasteiger partial charge is 0.227 e. The molecular formula is C31H35N5O. The zero-order valence-corrected chi connectivity index (χ0v) is 21.8. The molecule has 37 heavy (non-hydrogen) atoms. The van der Waals surface area contributed by atoms with Gasteiger partial charge in [0, 0.05) is 43.8 Å². The fraction of sp³-hybridized carbons (Fsp3) is 0.355. The summed E-state index contributed by atoms with van der Waals surface area (Å²) in [5.74, 6) is 3.29. The van der Waals surface area contributed by atoms with Crippen molar-refractivity contribution in [2.45, 2.75) is 46.2 Å². The van der Waals surface area contributed by atoms with E-state index in [1.165, 1.54) is 29.7 Å². The van der Waals surface area contributed by atoms with Crippen molar-refractivity contribution in [2.24, 2.45) is 5.92 Å². The second kappa shape index (κ2) is 10.4. The standard InChI is InChI=1S/C31H35N5O/c1-22-12-16-36(17-13-22)27-10-8-26(9-11-27)33-31-32-19-23(2)30(34-31)28-18-25-14-15-35(21-29(25)37-28)20-24-6-4-3-5-7-24/h3-11,18-19,22H,12-17,20-21H2,1-2H3,(H,32,33,34). The third kappa shape index (κ3) is 5.39. The molecule has 0 spiro atoms. The highest BCUT2D eigenvalue weighted by Gasteiger charge is 2.23. The van der Waals surface area contributed by atoms with E-state index in [-0.39, 0.29) is 0 Å². The minimum atomic E-state index is 0.584. The van der Waals surface area contributed by atoms with Crippen molar-refractivity contribution in [1.82, 2.24) is 14.9 Å². The summed E-state index contributed by atoms with van der Waals surface area (Å²) in [6.45, 7) is 9.44. The molecule has 0 radical (unpaired) electrons. The normalized spacial score (nSPS) is 16.5. The van der Waals surface area contributed by atoms with Crippen LogP contribution in [0.25, 0.3) is 11.5 Å². The van der Waals surface area contributed by atoms with E-state index in [9.17, 15) is 0 Å². The predicted octanol–water partition coefficient (Wildman–Crippen LogP) is 6.58. The molecule has 0 amide bonds. The van der Waals surface area contributed by atoms with Gasteiger partial charge in [0.15, 0.2) is 5.76 Å². The van der Waals surface area contributed by atoms with Gasteiger partial charge in [-0.05, 0) is 79.1 Å². The molecule has 0 saturated carbocycles. The van der Waals surface area contributed by atoms with Crippen molar-refractivity contribution in [3.8, 4) is 11.5 Å². The molecule has 2 aliphatic rings. The quantitative estimate of drug-likeness (QED) is 0.327. The molecule has 1 saturated heterocycles. The summed E-state index contributed by atoms with van der Waals surface area (Å²) in [5.41, 5.74) is 6.74. The molecule has 0 aliphatic carbocycles. The Bertz CT molecular complexity index is 1340. The molecule has 190 valence electrons. The highest BCUT2D eigenvalue weighted by Crippen LogP contribution is 2.32. The molecule has 0 atom stereocenters. The second-order valence-corrected chi connectivity index (χ2v) is 10.6. The Morgan fingerprint density at radius 1 is 1.00 bits per heavy atom. The first kappa shape index (κ1) is 23.7. The number of aromatic nitrogens is 2. The van der Waals surface area contributed by atoms with Crippen LogP contribution in [0.1, 0.15) is 42.2 Å². The molecule has 2 aliphatic heterocycles. The number of hydrogen-bond donors (Lipinski definition) is 1. The predicted molar refractivity (Wildman–Crippen MR) is 149 cm³/mol. The van der Waals surface area contributed by atoms with E-state index in [0.717, 1.165) is 73.5 Å². The number of fused-ring (bicyclic) bond motifs is 1. The van der Waals surface area contributed by atoms with Crippen LogP contribution in [0.3, 0.4) is 0 Å². The monoisotopic (exact) mass is 493 g/mol. The Balaban J connectivity index is 1.15. The molecule has 4 aromatic rings. The zero-order valence-electron chi connectivity index (χ0n) is 21.8. The van der Waals surface area contributed by atoms with Crippen LogP contribution >= 0.6 is 0 Å². The second-order valence-electron chi connectivity index (χ2n) is 10.6. The first-order valence-corrected chi connectivity index (χ1v) is 13.4. The maximum atomic E-state index is 6.37. The van der Waals surface area contributed by atoms with Crippen LogP contribution in [0.4, 0.5) is 17.3 Å². The van der Waals surface area contributed by atoms with Crippen molar-refractivity contribution < 1.29 is 4.42 Å². The Kier molecular flexibility index (Phi) is 6.66. The Morgan fingerprint density at radius 3 is 2.57 bits per heavy atom. The minimum Gasteiger partial charge on any atom is -0.458 e. The third-order valence-corrected chi connectivity index (χ3v) is 7.69. The van der Waals surface area contributed by atoms with Crippen LogP contribution in [-0.2, 0) is 19.5 Å². The topological polar surface area (TPSA) is 57.4 Å². The molecule has 1 N–H and O–H groups in total. The van der Waals surface area contributed by atoms with Gasteiger partial charge in [-0.1, -0.05) is 37.3 Å². The Hall–Kier alpha value is -3.64. The van der Waals surface area contributed by atoms with Gasteiger partial charge in [-0.3, -0.25) is 4.90 Å². The molecule has 4 heterocycles. The van der Waals surface area contributed by atoms with E-state index in [1.807, 2.05) is 13.1 Å². The van der Waals surface area contributed by atoms with Gasteiger partial charge in [-0.15, -0.1) is 0 Å². The highest BCUT2D eigenvalue weighted by molar-refractivity contribution is 5.63. The van der Waals surface area contributed by atoms with E-state index in [4.69, 9.17) is 9.40 Å². The fourth-order valence-corrected chi connectivity index (χ4v) is 5.37. The van der Waals surface area contributed by atoms with Crippen molar-refractivity contribution in [3.05, 3.63) is 89.3 Å². The summed E-state index contributed by atoms with van der Waals surface area (Å²) in [4.78, 5) is 14.3. The van der Waals surface area contributed by atoms with E-state index in [1.54, 1.807) is 0 Å². The lowest BCUT2D eigenvalue weighted by Crippen LogP contribution is -2.32. The molecule has 6 rings (SSSR count). The van der Waals surface area contributed by atoms with Gasteiger partial charge in [0.1, 0.15) is 11.5 Å². The number of nitrogens with zero attached hydrogens (tertiary/aromatic N) is 4. The largest absolute Gasteiger partial charge is 0.458 e. The molecule has 6 nitrogen and oxygen atoms in total. The maximum Gasteiger partial charge on any atom is 0.227 e. The van der Waals surface area contributed by atoms with Gasteiger partial charge in [0.2, 0.25) is 5.95 Å². The SMILES string of the molecule is Cc1cnc(Nc2ccc(N3CCC(C)CC3)cc2)nc1-c1cc2c(o1)CN(Cc1ccccc1)CC2. The first-order chi connectivity index (χ1) is 18.1. The molecule has 1 fully saturated rings. The average Bonchev–Trinajstić information content (AvgIpc) is 3.35. The molecular weight excluding hydrogens is 458 g/mol. The van der Waals surface area contributed by atoms with Crippen molar-refractivity contribution in [1.29, 1.82) is 0 Å². The summed E-state index contributed by atoms with van der Waals surface area (Å²) in [6.07, 6.45) is 5.39. The van der Waals surface area contributed by atoms with Gasteiger partial charge >= 0.3 is 0 Å². The molecule has 0 unspecified atom stereocenters. The van der Waals surface area contributed by atoms with Crippen LogP contribution < -0.4 is 10.2 Å². The van der Waals surface area contributed by atoms with E-state index in [0.29, 0.717) is 5.95 Å². The van der Waals surface area contributed by atoms with Crippen LogP contribution in [0, 0.1) is 12.8 Å². The van der Waals surface area contributed by atoms with Gasteiger partial charge < -0.3 is 14.6 Å². The Labute approximate surface area is 219 Å².